The van der Waals surface area contributed by atoms with E-state index in [-0.39, 0.29) is 11.3 Å². The minimum absolute atomic E-state index is 0.152. The summed E-state index contributed by atoms with van der Waals surface area (Å²) in [6.45, 7) is 23.9. The summed E-state index contributed by atoms with van der Waals surface area (Å²) >= 11 is 1.28. The molecule has 5 heteroatoms. The molecule has 1 saturated heterocycles. The number of nitrogens with one attached hydrogen (secondary N) is 1. The van der Waals surface area contributed by atoms with E-state index in [0.717, 1.165) is 34.9 Å². The van der Waals surface area contributed by atoms with Crippen molar-refractivity contribution in [2.24, 2.45) is 17.3 Å². The summed E-state index contributed by atoms with van der Waals surface area (Å²) in [5.74, 6) is 1.25. The van der Waals surface area contributed by atoms with E-state index in [4.69, 9.17) is 0 Å². The third-order valence-corrected chi connectivity index (χ3v) is 9.81. The van der Waals surface area contributed by atoms with Gasteiger partial charge in [0.1, 0.15) is 5.67 Å². The predicted octanol–water partition coefficient (Wildman–Crippen LogP) is 10.9. The zero-order chi connectivity index (χ0) is 33.5. The van der Waals surface area contributed by atoms with Crippen LogP contribution in [0.25, 0.3) is 0 Å². The molecule has 0 radical (unpaired) electrons. The van der Waals surface area contributed by atoms with Crippen molar-refractivity contribution in [1.29, 1.82) is 0 Å². The third kappa shape index (κ3) is 10.4. The fraction of sp³-hybridized carbons (Fsp3) is 0.500. The predicted molar refractivity (Wildman–Crippen MR) is 193 cm³/mol. The van der Waals surface area contributed by atoms with Crippen LogP contribution in [0.3, 0.4) is 0 Å². The summed E-state index contributed by atoms with van der Waals surface area (Å²) in [4.78, 5) is 3.36. The quantitative estimate of drug-likeness (QED) is 0.265. The van der Waals surface area contributed by atoms with Crippen molar-refractivity contribution in [3.8, 4) is 0 Å². The summed E-state index contributed by atoms with van der Waals surface area (Å²) in [5, 5.41) is 2.60. The molecule has 0 amide bonds. The number of hydrogen-bond donors (Lipinski definition) is 1. The van der Waals surface area contributed by atoms with Gasteiger partial charge in [0.05, 0.1) is 11.4 Å². The van der Waals surface area contributed by atoms with E-state index in [9.17, 15) is 4.39 Å². The number of allylic oxidation sites excluding steroid dienone is 4. The number of benzene rings is 2. The summed E-state index contributed by atoms with van der Waals surface area (Å²) in [6, 6.07) is 18.8. The number of likely N-dealkylation sites (tertiary alicyclic amines) is 1. The molecule has 0 spiro atoms. The van der Waals surface area contributed by atoms with Crippen LogP contribution in [0.1, 0.15) is 85.4 Å². The minimum Gasteiger partial charge on any atom is -0.361 e. The number of rotatable bonds is 11. The SMILES string of the molecule is C=C(NC(Cc1ccccc1)(c1cccc(CC(C)(C)F)c1)C1C=C/C=C\C/C(SC(C)(C)F)=C\1)N1CC(C)C(C)(C)C1.CC. The largest absolute Gasteiger partial charge is 0.361 e. The fourth-order valence-corrected chi connectivity index (χ4v) is 7.29. The monoisotopic (exact) mass is 634 g/mol. The molecule has 0 bridgehead atoms. The average molecular weight is 635 g/mol. The Balaban J connectivity index is 0.00000271. The van der Waals surface area contributed by atoms with Crippen LogP contribution >= 0.6 is 11.8 Å². The second-order valence-corrected chi connectivity index (χ2v) is 15.9. The van der Waals surface area contributed by atoms with Gasteiger partial charge in [0.2, 0.25) is 0 Å². The molecule has 45 heavy (non-hydrogen) atoms. The highest BCUT2D eigenvalue weighted by Gasteiger charge is 2.43. The van der Waals surface area contributed by atoms with E-state index in [1.54, 1.807) is 27.7 Å². The Morgan fingerprint density at radius 1 is 0.978 bits per heavy atom. The van der Waals surface area contributed by atoms with Crippen molar-refractivity contribution in [1.82, 2.24) is 10.2 Å². The van der Waals surface area contributed by atoms with E-state index in [0.29, 0.717) is 25.2 Å². The van der Waals surface area contributed by atoms with Crippen molar-refractivity contribution >= 4 is 11.8 Å². The highest BCUT2D eigenvalue weighted by molar-refractivity contribution is 8.04. The van der Waals surface area contributed by atoms with Gasteiger partial charge in [0, 0.05) is 31.8 Å². The normalized spacial score (nSPS) is 23.0. The number of halogens is 2. The van der Waals surface area contributed by atoms with Gasteiger partial charge in [-0.2, -0.15) is 0 Å². The molecule has 0 aromatic heterocycles. The van der Waals surface area contributed by atoms with Crippen molar-refractivity contribution < 1.29 is 8.78 Å². The fourth-order valence-electron chi connectivity index (χ4n) is 6.27. The van der Waals surface area contributed by atoms with Gasteiger partial charge < -0.3 is 10.2 Å². The number of thioether (sulfide) groups is 1. The molecule has 1 heterocycles. The lowest BCUT2D eigenvalue weighted by Crippen LogP contribution is -2.51. The molecule has 2 aliphatic rings. The second-order valence-electron chi connectivity index (χ2n) is 14.2. The van der Waals surface area contributed by atoms with E-state index in [1.165, 1.54) is 17.3 Å². The Morgan fingerprint density at radius 3 is 2.24 bits per heavy atom. The van der Waals surface area contributed by atoms with Crippen LogP contribution in [-0.4, -0.2) is 28.7 Å². The van der Waals surface area contributed by atoms with E-state index in [2.05, 4.69) is 104 Å². The number of nitrogens with zero attached hydrogens (tertiary/aromatic N) is 1. The van der Waals surface area contributed by atoms with Gasteiger partial charge in [-0.1, -0.05) is 138 Å². The Kier molecular flexibility index (Phi) is 12.4. The highest BCUT2D eigenvalue weighted by Crippen LogP contribution is 2.43. The van der Waals surface area contributed by atoms with Crippen LogP contribution in [0.15, 0.2) is 102 Å². The maximum absolute atomic E-state index is 15.0. The van der Waals surface area contributed by atoms with Crippen molar-refractivity contribution in [2.45, 2.75) is 97.8 Å². The third-order valence-electron chi connectivity index (χ3n) is 8.76. The summed E-state index contributed by atoms with van der Waals surface area (Å²) < 4.78 is 30.0. The molecule has 246 valence electrons. The zero-order valence-electron chi connectivity index (χ0n) is 29.1. The van der Waals surface area contributed by atoms with Crippen LogP contribution < -0.4 is 5.32 Å². The number of alkyl halides is 2. The lowest BCUT2D eigenvalue weighted by Gasteiger charge is -2.44. The Labute approximate surface area is 277 Å². The van der Waals surface area contributed by atoms with Crippen molar-refractivity contribution in [3.63, 3.8) is 0 Å². The summed E-state index contributed by atoms with van der Waals surface area (Å²) in [5.41, 5.74) is 1.33. The maximum Gasteiger partial charge on any atom is 0.154 e. The first-order valence-corrected chi connectivity index (χ1v) is 17.3. The summed E-state index contributed by atoms with van der Waals surface area (Å²) in [6.07, 6.45) is 12.3. The lowest BCUT2D eigenvalue weighted by atomic mass is 9.72. The molecule has 2 aromatic carbocycles. The van der Waals surface area contributed by atoms with Crippen LogP contribution in [0.4, 0.5) is 8.78 Å². The Morgan fingerprint density at radius 2 is 1.64 bits per heavy atom. The van der Waals surface area contributed by atoms with Crippen LogP contribution in [0, 0.1) is 17.3 Å². The van der Waals surface area contributed by atoms with Gasteiger partial charge in [-0.15, -0.1) is 0 Å². The lowest BCUT2D eigenvalue weighted by molar-refractivity contribution is 0.216. The maximum atomic E-state index is 15.0. The average Bonchev–Trinajstić information content (AvgIpc) is 3.22. The van der Waals surface area contributed by atoms with E-state index < -0.39 is 16.2 Å². The van der Waals surface area contributed by atoms with Crippen molar-refractivity contribution in [2.75, 3.05) is 13.1 Å². The van der Waals surface area contributed by atoms with Gasteiger partial charge in [-0.3, -0.25) is 0 Å². The first-order chi connectivity index (χ1) is 21.1. The number of hydrogen-bond acceptors (Lipinski definition) is 3. The standard InChI is InChI=1S/C38H50F2N2S.C2H6/c1-28-26-42(27-35(28,3)4)29(2)41-38(25-30-16-11-9-12-17-30,32-20-15-18-31(22-32)24-36(5,6)39)33-19-13-10-14-21-34(23-33)43-37(7,8)40;1-2/h9-20,22-23,28,33,41H,2,21,24-27H2,1,3-8H3;1-2H3/b14-10-,19-13?,34-23+;. The van der Waals surface area contributed by atoms with Gasteiger partial charge in [-0.05, 0) is 67.0 Å². The topological polar surface area (TPSA) is 15.3 Å². The molecular weight excluding hydrogens is 579 g/mol. The molecule has 4 rings (SSSR count). The van der Waals surface area contributed by atoms with Crippen LogP contribution in [-0.2, 0) is 18.4 Å². The smallest absolute Gasteiger partial charge is 0.154 e. The molecule has 2 nitrogen and oxygen atoms in total. The minimum atomic E-state index is -1.41. The molecule has 0 saturated carbocycles. The molecule has 1 aliphatic carbocycles. The van der Waals surface area contributed by atoms with Gasteiger partial charge in [0.15, 0.2) is 5.00 Å². The molecule has 3 atom stereocenters. The molecule has 1 fully saturated rings. The highest BCUT2D eigenvalue weighted by atomic mass is 32.2. The zero-order valence-corrected chi connectivity index (χ0v) is 29.9. The molecule has 2 aromatic rings. The molecule has 3 unspecified atom stereocenters. The Bertz CT molecular complexity index is 1350. The van der Waals surface area contributed by atoms with Gasteiger partial charge >= 0.3 is 0 Å². The van der Waals surface area contributed by atoms with Crippen LogP contribution in [0.2, 0.25) is 0 Å². The molecular formula is C40H56F2N2S. The van der Waals surface area contributed by atoms with E-state index in [1.807, 2.05) is 32.0 Å². The summed E-state index contributed by atoms with van der Waals surface area (Å²) in [7, 11) is 0. The first kappa shape index (κ1) is 36.7. The van der Waals surface area contributed by atoms with Crippen molar-refractivity contribution in [3.05, 3.63) is 119 Å². The first-order valence-electron chi connectivity index (χ1n) is 16.5. The molecule has 1 aliphatic heterocycles. The van der Waals surface area contributed by atoms with Gasteiger partial charge in [-0.25, -0.2) is 8.78 Å². The van der Waals surface area contributed by atoms with E-state index >= 15 is 4.39 Å². The van der Waals surface area contributed by atoms with Gasteiger partial charge in [0.25, 0.3) is 0 Å². The Hall–Kier alpha value is -2.79. The second kappa shape index (κ2) is 15.2. The molecule has 1 N–H and O–H groups in total. The van der Waals surface area contributed by atoms with Crippen LogP contribution in [0.5, 0.6) is 0 Å².